The van der Waals surface area contributed by atoms with Gasteiger partial charge in [-0.25, -0.2) is 9.67 Å². The number of aromatic nitrogens is 4. The maximum Gasteiger partial charge on any atom is 0.573 e. The number of benzene rings is 2. The van der Waals surface area contributed by atoms with Crippen LogP contribution < -0.4 is 29.0 Å². The fourth-order valence-corrected chi connectivity index (χ4v) is 4.34. The number of carbonyl (C=O) groups is 1. The predicted octanol–water partition coefficient (Wildman–Crippen LogP) is 6.48. The van der Waals surface area contributed by atoms with E-state index < -0.39 is 12.3 Å². The van der Waals surface area contributed by atoms with E-state index >= 15 is 0 Å². The summed E-state index contributed by atoms with van der Waals surface area (Å²) in [6.07, 6.45) is -0.300. The fraction of sp³-hybridized carbons (Fsp3) is 0.200. The molecule has 11 nitrogen and oxygen atoms in total. The van der Waals surface area contributed by atoms with Crippen molar-refractivity contribution in [3.05, 3.63) is 78.4 Å². The number of halogens is 3. The van der Waals surface area contributed by atoms with Gasteiger partial charge in [0.1, 0.15) is 23.1 Å². The highest BCUT2D eigenvalue weighted by atomic mass is 19.4. The number of hydrogen-bond donors (Lipinski definition) is 1. The van der Waals surface area contributed by atoms with Crippen molar-refractivity contribution in [2.75, 3.05) is 26.1 Å². The molecule has 44 heavy (non-hydrogen) atoms. The van der Waals surface area contributed by atoms with Crippen LogP contribution >= 0.6 is 0 Å². The van der Waals surface area contributed by atoms with Gasteiger partial charge in [0.05, 0.1) is 44.4 Å². The Morgan fingerprint density at radius 1 is 0.932 bits per heavy atom. The lowest BCUT2D eigenvalue weighted by molar-refractivity contribution is -0.274. The number of rotatable bonds is 10. The van der Waals surface area contributed by atoms with Crippen LogP contribution in [0, 0.1) is 6.92 Å². The highest BCUT2D eigenvalue weighted by Crippen LogP contribution is 2.37. The van der Waals surface area contributed by atoms with E-state index in [1.807, 2.05) is 0 Å². The van der Waals surface area contributed by atoms with Crippen molar-refractivity contribution in [3.8, 4) is 40.2 Å². The van der Waals surface area contributed by atoms with Crippen LogP contribution in [0.3, 0.4) is 0 Å². The SMILES string of the molecule is CCOc1cn(-c2ccc(OC(F)(F)F)cc2C)nc1C(=O)Nc1ccc(Oc2ccnc3cc(OC)c(OC)cc23)cn1. The molecule has 0 aliphatic heterocycles. The molecule has 0 aliphatic carbocycles. The molecule has 0 spiro atoms. The van der Waals surface area contributed by atoms with E-state index in [-0.39, 0.29) is 29.6 Å². The largest absolute Gasteiger partial charge is 0.573 e. The van der Waals surface area contributed by atoms with Gasteiger partial charge < -0.3 is 29.0 Å². The smallest absolute Gasteiger partial charge is 0.493 e. The third kappa shape index (κ3) is 6.59. The van der Waals surface area contributed by atoms with Gasteiger partial charge in [0.15, 0.2) is 22.9 Å². The highest BCUT2D eigenvalue weighted by Gasteiger charge is 2.31. The number of carbonyl (C=O) groups excluding carboxylic acids is 1. The van der Waals surface area contributed by atoms with Gasteiger partial charge >= 0.3 is 6.36 Å². The zero-order valence-corrected chi connectivity index (χ0v) is 23.9. The van der Waals surface area contributed by atoms with Gasteiger partial charge in [-0.15, -0.1) is 13.2 Å². The number of fused-ring (bicyclic) bond motifs is 1. The van der Waals surface area contributed by atoms with Gasteiger partial charge in [0.25, 0.3) is 5.91 Å². The Labute approximate surface area is 249 Å². The number of methoxy groups -OCH3 is 2. The zero-order chi connectivity index (χ0) is 31.4. The standard InChI is InChI=1S/C30H26F3N5O6/c1-5-42-26-16-38(22-8-6-18(12-17(22)2)44-30(31,32)33)37-28(26)29(39)36-27-9-7-19(15-35-27)43-23-10-11-34-21-14-25(41-4)24(40-3)13-20(21)23/h6-16H,5H2,1-4H3,(H,35,36,39). The highest BCUT2D eigenvalue weighted by molar-refractivity contribution is 6.04. The van der Waals surface area contributed by atoms with E-state index in [1.165, 1.54) is 36.3 Å². The summed E-state index contributed by atoms with van der Waals surface area (Å²) in [5, 5.41) is 7.69. The average Bonchev–Trinajstić information content (AvgIpc) is 3.40. The van der Waals surface area contributed by atoms with Crippen molar-refractivity contribution in [3.63, 3.8) is 0 Å². The van der Waals surface area contributed by atoms with Crippen molar-refractivity contribution < 1.29 is 41.7 Å². The second-order valence-electron chi connectivity index (χ2n) is 9.18. The molecule has 0 unspecified atom stereocenters. The average molecular weight is 610 g/mol. The van der Waals surface area contributed by atoms with Crippen LogP contribution in [0.2, 0.25) is 0 Å². The van der Waals surface area contributed by atoms with Crippen molar-refractivity contribution in [1.82, 2.24) is 19.7 Å². The lowest BCUT2D eigenvalue weighted by Crippen LogP contribution is -2.17. The van der Waals surface area contributed by atoms with Gasteiger partial charge in [-0.3, -0.25) is 9.78 Å². The topological polar surface area (TPSA) is 119 Å². The second-order valence-corrected chi connectivity index (χ2v) is 9.18. The van der Waals surface area contributed by atoms with Gasteiger partial charge in [-0.05, 0) is 61.9 Å². The molecule has 0 saturated carbocycles. The Bertz CT molecular complexity index is 1810. The Hall–Kier alpha value is -5.53. The van der Waals surface area contributed by atoms with Crippen LogP contribution in [0.5, 0.6) is 34.5 Å². The van der Waals surface area contributed by atoms with E-state index in [0.717, 1.165) is 6.07 Å². The molecule has 0 saturated heterocycles. The van der Waals surface area contributed by atoms with Crippen molar-refractivity contribution in [1.29, 1.82) is 0 Å². The van der Waals surface area contributed by atoms with Gasteiger partial charge in [-0.1, -0.05) is 0 Å². The van der Waals surface area contributed by atoms with Gasteiger partial charge in [0, 0.05) is 17.6 Å². The first-order valence-corrected chi connectivity index (χ1v) is 13.1. The van der Waals surface area contributed by atoms with E-state index in [2.05, 4.69) is 25.1 Å². The number of alkyl halides is 3. The monoisotopic (exact) mass is 609 g/mol. The van der Waals surface area contributed by atoms with Gasteiger partial charge in [0.2, 0.25) is 0 Å². The molecule has 3 heterocycles. The number of ether oxygens (including phenoxy) is 5. The van der Waals surface area contributed by atoms with Crippen molar-refractivity contribution in [2.24, 2.45) is 0 Å². The summed E-state index contributed by atoms with van der Waals surface area (Å²) in [5.74, 6) is 1.38. The summed E-state index contributed by atoms with van der Waals surface area (Å²) < 4.78 is 65.5. The summed E-state index contributed by atoms with van der Waals surface area (Å²) in [4.78, 5) is 21.8. The summed E-state index contributed by atoms with van der Waals surface area (Å²) in [6, 6.07) is 12.2. The minimum Gasteiger partial charge on any atom is -0.493 e. The molecular weight excluding hydrogens is 583 g/mol. The van der Waals surface area contributed by atoms with Crippen LogP contribution in [0.1, 0.15) is 23.0 Å². The molecule has 1 N–H and O–H groups in total. The number of nitrogens with one attached hydrogen (secondary N) is 1. The van der Waals surface area contributed by atoms with E-state index in [9.17, 15) is 18.0 Å². The molecule has 5 rings (SSSR count). The molecule has 3 aromatic heterocycles. The third-order valence-electron chi connectivity index (χ3n) is 6.26. The molecule has 0 fully saturated rings. The summed E-state index contributed by atoms with van der Waals surface area (Å²) in [6.45, 7) is 3.58. The fourth-order valence-electron chi connectivity index (χ4n) is 4.34. The van der Waals surface area contributed by atoms with Crippen LogP contribution in [0.25, 0.3) is 16.6 Å². The first kappa shape index (κ1) is 29.9. The summed E-state index contributed by atoms with van der Waals surface area (Å²) in [5.41, 5.74) is 1.46. The Morgan fingerprint density at radius 2 is 1.68 bits per heavy atom. The molecule has 228 valence electrons. The van der Waals surface area contributed by atoms with E-state index in [0.29, 0.717) is 45.2 Å². The Morgan fingerprint density at radius 3 is 2.34 bits per heavy atom. The van der Waals surface area contributed by atoms with Crippen LogP contribution in [0.4, 0.5) is 19.0 Å². The number of pyridine rings is 2. The lowest BCUT2D eigenvalue weighted by Gasteiger charge is -2.12. The quantitative estimate of drug-likeness (QED) is 0.190. The summed E-state index contributed by atoms with van der Waals surface area (Å²) in [7, 11) is 3.08. The number of hydrogen-bond acceptors (Lipinski definition) is 9. The van der Waals surface area contributed by atoms with Crippen molar-refractivity contribution in [2.45, 2.75) is 20.2 Å². The number of amides is 1. The molecule has 2 aromatic carbocycles. The van der Waals surface area contributed by atoms with E-state index in [1.54, 1.807) is 57.5 Å². The maximum absolute atomic E-state index is 13.2. The van der Waals surface area contributed by atoms with E-state index in [4.69, 9.17) is 18.9 Å². The molecule has 0 radical (unpaired) electrons. The summed E-state index contributed by atoms with van der Waals surface area (Å²) >= 11 is 0. The number of nitrogens with zero attached hydrogens (tertiary/aromatic N) is 4. The maximum atomic E-state index is 13.2. The van der Waals surface area contributed by atoms with Crippen molar-refractivity contribution >= 4 is 22.6 Å². The number of aryl methyl sites for hydroxylation is 1. The van der Waals surface area contributed by atoms with Crippen LogP contribution in [-0.4, -0.2) is 52.8 Å². The molecule has 0 atom stereocenters. The predicted molar refractivity (Wildman–Crippen MR) is 153 cm³/mol. The van der Waals surface area contributed by atoms with Crippen LogP contribution in [0.15, 0.2) is 67.1 Å². The lowest BCUT2D eigenvalue weighted by atomic mass is 10.2. The first-order valence-electron chi connectivity index (χ1n) is 13.1. The minimum absolute atomic E-state index is 0.0448. The molecule has 5 aromatic rings. The van der Waals surface area contributed by atoms with Gasteiger partial charge in [-0.2, -0.15) is 5.10 Å². The van der Waals surface area contributed by atoms with Crippen LogP contribution in [-0.2, 0) is 0 Å². The molecule has 1 amide bonds. The minimum atomic E-state index is -4.82. The molecule has 0 bridgehead atoms. The molecular formula is C30H26F3N5O6. The normalized spacial score (nSPS) is 11.2. The second kappa shape index (κ2) is 12.4. The first-order chi connectivity index (χ1) is 21.1. The molecule has 14 heteroatoms. The molecule has 0 aliphatic rings. The Balaban J connectivity index is 1.33. The zero-order valence-electron chi connectivity index (χ0n) is 23.9. The Kier molecular flexibility index (Phi) is 8.42. The third-order valence-corrected chi connectivity index (χ3v) is 6.26. The number of anilines is 1.